The zero-order valence-corrected chi connectivity index (χ0v) is 7.18. The van der Waals surface area contributed by atoms with Gasteiger partial charge in [0.15, 0.2) is 0 Å². The van der Waals surface area contributed by atoms with Crippen molar-refractivity contribution in [3.63, 3.8) is 0 Å². The van der Waals surface area contributed by atoms with E-state index in [4.69, 9.17) is 0 Å². The molecule has 1 aromatic rings. The first-order chi connectivity index (χ1) is 4.66. The molecule has 0 saturated heterocycles. The van der Waals surface area contributed by atoms with Gasteiger partial charge in [0.2, 0.25) is 0 Å². The molecule has 0 bridgehead atoms. The van der Waals surface area contributed by atoms with E-state index in [-0.39, 0.29) is 0 Å². The average Bonchev–Trinajstić information content (AvgIpc) is 2.17. The summed E-state index contributed by atoms with van der Waals surface area (Å²) in [6, 6.07) is 0. The van der Waals surface area contributed by atoms with Gasteiger partial charge in [0, 0.05) is 13.8 Å². The number of aromatic nitrogens is 2. The second-order valence-corrected chi connectivity index (χ2v) is 2.66. The van der Waals surface area contributed by atoms with Crippen LogP contribution in [0.1, 0.15) is 18.4 Å². The van der Waals surface area contributed by atoms with Crippen LogP contribution in [0.5, 0.6) is 0 Å². The Hall–Kier alpha value is -0.790. The van der Waals surface area contributed by atoms with E-state index in [0.717, 1.165) is 6.54 Å². The third-order valence-corrected chi connectivity index (χ3v) is 2.11. The Bertz CT molecular complexity index is 236. The Balaban J connectivity index is 3.17. The van der Waals surface area contributed by atoms with Gasteiger partial charge in [-0.3, -0.25) is 0 Å². The molecule has 0 amide bonds. The molecule has 1 rings (SSSR count). The van der Waals surface area contributed by atoms with Crippen molar-refractivity contribution in [2.45, 2.75) is 27.3 Å². The second kappa shape index (κ2) is 2.45. The summed E-state index contributed by atoms with van der Waals surface area (Å²) in [6.45, 7) is 7.48. The van der Waals surface area contributed by atoms with E-state index in [0.29, 0.717) is 0 Å². The Morgan fingerprint density at radius 2 is 2.10 bits per heavy atom. The maximum Gasteiger partial charge on any atom is 0.253 e. The highest BCUT2D eigenvalue weighted by Crippen LogP contribution is 1.96. The van der Waals surface area contributed by atoms with Gasteiger partial charge in [0.05, 0.1) is 13.6 Å². The number of rotatable bonds is 1. The summed E-state index contributed by atoms with van der Waals surface area (Å²) >= 11 is 0. The number of hydrogen-bond acceptors (Lipinski definition) is 0. The molecule has 0 radical (unpaired) electrons. The lowest BCUT2D eigenvalue weighted by atomic mass is 10.5. The molecule has 2 heteroatoms. The van der Waals surface area contributed by atoms with Crippen molar-refractivity contribution in [3.8, 4) is 0 Å². The molecule has 0 aliphatic carbocycles. The molecule has 56 valence electrons. The first-order valence-electron chi connectivity index (χ1n) is 3.69. The molecule has 0 aliphatic rings. The molecule has 2 nitrogen and oxygen atoms in total. The Morgan fingerprint density at radius 3 is 2.30 bits per heavy atom. The van der Waals surface area contributed by atoms with Crippen LogP contribution in [0.2, 0.25) is 0 Å². The second-order valence-electron chi connectivity index (χ2n) is 2.66. The van der Waals surface area contributed by atoms with Crippen molar-refractivity contribution in [1.82, 2.24) is 4.57 Å². The molecule has 0 fully saturated rings. The fourth-order valence-electron chi connectivity index (χ4n) is 1.17. The van der Waals surface area contributed by atoms with Gasteiger partial charge < -0.3 is 0 Å². The fraction of sp³-hybridized carbons (Fsp3) is 0.625. The molecule has 1 heterocycles. The van der Waals surface area contributed by atoms with Crippen LogP contribution in [-0.4, -0.2) is 4.57 Å². The van der Waals surface area contributed by atoms with Gasteiger partial charge in [0.25, 0.3) is 5.82 Å². The van der Waals surface area contributed by atoms with Crippen molar-refractivity contribution < 1.29 is 4.57 Å². The number of aryl methyl sites for hydroxylation is 2. The minimum Gasteiger partial charge on any atom is -0.235 e. The number of hydrogen-bond donors (Lipinski definition) is 0. The summed E-state index contributed by atoms with van der Waals surface area (Å²) in [5, 5.41) is 0. The first-order valence-corrected chi connectivity index (χ1v) is 3.69. The van der Waals surface area contributed by atoms with Crippen molar-refractivity contribution in [2.24, 2.45) is 7.05 Å². The molecule has 0 N–H and O–H groups in total. The summed E-state index contributed by atoms with van der Waals surface area (Å²) < 4.78 is 4.44. The van der Waals surface area contributed by atoms with E-state index >= 15 is 0 Å². The van der Waals surface area contributed by atoms with Gasteiger partial charge in [-0.25, -0.2) is 9.13 Å². The predicted molar refractivity (Wildman–Crippen MR) is 40.8 cm³/mol. The van der Waals surface area contributed by atoms with Gasteiger partial charge in [-0.2, -0.15) is 0 Å². The zero-order chi connectivity index (χ0) is 7.72. The maximum atomic E-state index is 2.25. The SMILES string of the molecule is CC[n+]1cc(C)n(C)c1C. The topological polar surface area (TPSA) is 8.81 Å². The molecule has 1 aromatic heterocycles. The van der Waals surface area contributed by atoms with Crippen LogP contribution in [0.25, 0.3) is 0 Å². The third kappa shape index (κ3) is 0.939. The van der Waals surface area contributed by atoms with Crippen LogP contribution >= 0.6 is 0 Å². The van der Waals surface area contributed by atoms with Gasteiger partial charge in [-0.05, 0) is 6.92 Å². The molecule has 0 aromatic carbocycles. The lowest BCUT2D eigenvalue weighted by Crippen LogP contribution is -2.33. The van der Waals surface area contributed by atoms with E-state index in [1.165, 1.54) is 11.5 Å². The standard InChI is InChI=1S/C8H15N2/c1-5-10-6-7(2)9(4)8(10)3/h6H,5H2,1-4H3/q+1. The molecule has 0 aliphatic heterocycles. The van der Waals surface area contributed by atoms with E-state index in [1.54, 1.807) is 0 Å². The van der Waals surface area contributed by atoms with Crippen LogP contribution in [0.4, 0.5) is 0 Å². The summed E-state index contributed by atoms with van der Waals surface area (Å²) in [5.74, 6) is 1.32. The minimum atomic E-state index is 1.06. The summed E-state index contributed by atoms with van der Waals surface area (Å²) in [6.07, 6.45) is 2.18. The predicted octanol–water partition coefficient (Wildman–Crippen LogP) is 0.949. The highest BCUT2D eigenvalue weighted by atomic mass is 15.1. The van der Waals surface area contributed by atoms with E-state index in [2.05, 4.69) is 43.1 Å². The summed E-state index contributed by atoms with van der Waals surface area (Å²) in [4.78, 5) is 0. The van der Waals surface area contributed by atoms with Gasteiger partial charge in [-0.1, -0.05) is 0 Å². The van der Waals surface area contributed by atoms with Crippen molar-refractivity contribution in [2.75, 3.05) is 0 Å². The lowest BCUT2D eigenvalue weighted by molar-refractivity contribution is -0.699. The Labute approximate surface area is 62.1 Å². The lowest BCUT2D eigenvalue weighted by Gasteiger charge is -1.90. The minimum absolute atomic E-state index is 1.06. The molecule has 0 atom stereocenters. The number of imidazole rings is 1. The van der Waals surface area contributed by atoms with Crippen molar-refractivity contribution in [3.05, 3.63) is 17.7 Å². The highest BCUT2D eigenvalue weighted by molar-refractivity contribution is 4.93. The first kappa shape index (κ1) is 7.32. The van der Waals surface area contributed by atoms with Crippen LogP contribution in [0.15, 0.2) is 6.20 Å². The average molecular weight is 139 g/mol. The zero-order valence-electron chi connectivity index (χ0n) is 7.18. The summed E-state index contributed by atoms with van der Waals surface area (Å²) in [7, 11) is 2.09. The van der Waals surface area contributed by atoms with Crippen LogP contribution < -0.4 is 4.57 Å². The number of nitrogens with zero attached hydrogens (tertiary/aromatic N) is 2. The van der Waals surface area contributed by atoms with E-state index in [1.807, 2.05) is 0 Å². The van der Waals surface area contributed by atoms with Gasteiger partial charge in [-0.15, -0.1) is 0 Å². The smallest absolute Gasteiger partial charge is 0.235 e. The Kier molecular flexibility index (Phi) is 1.79. The molecule has 10 heavy (non-hydrogen) atoms. The quantitative estimate of drug-likeness (QED) is 0.512. The monoisotopic (exact) mass is 139 g/mol. The third-order valence-electron chi connectivity index (χ3n) is 2.11. The Morgan fingerprint density at radius 1 is 1.50 bits per heavy atom. The normalized spacial score (nSPS) is 10.4. The fourth-order valence-corrected chi connectivity index (χ4v) is 1.17. The largest absolute Gasteiger partial charge is 0.253 e. The highest BCUT2D eigenvalue weighted by Gasteiger charge is 2.10. The van der Waals surface area contributed by atoms with Gasteiger partial charge >= 0.3 is 0 Å². The maximum absolute atomic E-state index is 2.25. The van der Waals surface area contributed by atoms with Crippen LogP contribution in [0, 0.1) is 13.8 Å². The van der Waals surface area contributed by atoms with Gasteiger partial charge in [0.1, 0.15) is 11.9 Å². The van der Waals surface area contributed by atoms with Crippen molar-refractivity contribution in [1.29, 1.82) is 0 Å². The van der Waals surface area contributed by atoms with Crippen LogP contribution in [-0.2, 0) is 13.6 Å². The van der Waals surface area contributed by atoms with Crippen LogP contribution in [0.3, 0.4) is 0 Å². The molecular weight excluding hydrogens is 124 g/mol. The molecular formula is C8H15N2+. The van der Waals surface area contributed by atoms with Crippen molar-refractivity contribution >= 4 is 0 Å². The van der Waals surface area contributed by atoms with E-state index < -0.39 is 0 Å². The molecule has 0 spiro atoms. The van der Waals surface area contributed by atoms with E-state index in [9.17, 15) is 0 Å². The molecule has 0 saturated carbocycles. The summed E-state index contributed by atoms with van der Waals surface area (Å²) in [5.41, 5.74) is 1.32. The molecule has 0 unspecified atom stereocenters.